The lowest BCUT2D eigenvalue weighted by Gasteiger charge is -2.42. The third kappa shape index (κ3) is 1.61. The van der Waals surface area contributed by atoms with Crippen molar-refractivity contribution in [3.8, 4) is 0 Å². The van der Waals surface area contributed by atoms with Crippen LogP contribution in [-0.4, -0.2) is 27.5 Å². The Balaban J connectivity index is 3.26. The lowest BCUT2D eigenvalue weighted by atomic mass is 9.64. The summed E-state index contributed by atoms with van der Waals surface area (Å²) in [5.41, 5.74) is -2.52. The second-order valence-corrected chi connectivity index (χ2v) is 4.83. The minimum absolute atomic E-state index is 0.255. The van der Waals surface area contributed by atoms with Crippen molar-refractivity contribution < 1.29 is 19.8 Å². The van der Waals surface area contributed by atoms with Crippen molar-refractivity contribution >= 4 is 23.5 Å². The second kappa shape index (κ2) is 4.09. The van der Waals surface area contributed by atoms with Crippen LogP contribution < -0.4 is 0 Å². The van der Waals surface area contributed by atoms with Crippen LogP contribution in [0.25, 0.3) is 0 Å². The van der Waals surface area contributed by atoms with Crippen LogP contribution >= 0.6 is 11.6 Å². The van der Waals surface area contributed by atoms with Gasteiger partial charge < -0.3 is 10.2 Å². The number of rotatable bonds is 3. The fraction of sp³-hybridized carbons (Fsp3) is 0.636. The van der Waals surface area contributed by atoms with Gasteiger partial charge in [0.05, 0.1) is 10.8 Å². The van der Waals surface area contributed by atoms with Gasteiger partial charge in [0, 0.05) is 0 Å². The highest BCUT2D eigenvalue weighted by molar-refractivity contribution is 6.25. The van der Waals surface area contributed by atoms with E-state index in [1.165, 1.54) is 13.0 Å². The van der Waals surface area contributed by atoms with Crippen LogP contribution in [0.5, 0.6) is 0 Å². The number of hydrogen-bond acceptors (Lipinski definition) is 2. The molecule has 0 saturated carbocycles. The largest absolute Gasteiger partial charge is 0.481 e. The SMILES string of the molecule is CCC1(C(=O)O)C=CCC(C)(C(=O)O)C1Cl. The standard InChI is InChI=1S/C11H15ClO4/c1-3-11(9(15)16)6-4-5-10(2,7(11)12)8(13)14/h4,6-7H,3,5H2,1-2H3,(H,13,14)(H,15,16). The topological polar surface area (TPSA) is 74.6 Å². The van der Waals surface area contributed by atoms with Crippen LogP contribution in [0, 0.1) is 10.8 Å². The molecule has 0 bridgehead atoms. The Morgan fingerprint density at radius 2 is 2.00 bits per heavy atom. The Labute approximate surface area is 98.9 Å². The van der Waals surface area contributed by atoms with Crippen molar-refractivity contribution in [2.75, 3.05) is 0 Å². The lowest BCUT2D eigenvalue weighted by molar-refractivity contribution is -0.154. The molecule has 2 N–H and O–H groups in total. The zero-order valence-corrected chi connectivity index (χ0v) is 9.99. The number of aliphatic carboxylic acids is 2. The average molecular weight is 247 g/mol. The van der Waals surface area contributed by atoms with Crippen LogP contribution in [0.4, 0.5) is 0 Å². The molecule has 0 aliphatic heterocycles. The van der Waals surface area contributed by atoms with E-state index in [9.17, 15) is 14.7 Å². The molecule has 16 heavy (non-hydrogen) atoms. The minimum Gasteiger partial charge on any atom is -0.481 e. The monoisotopic (exact) mass is 246 g/mol. The van der Waals surface area contributed by atoms with Gasteiger partial charge in [-0.25, -0.2) is 0 Å². The van der Waals surface area contributed by atoms with E-state index in [1.807, 2.05) is 0 Å². The average Bonchev–Trinajstić information content (AvgIpc) is 2.21. The van der Waals surface area contributed by atoms with Gasteiger partial charge in [0.15, 0.2) is 0 Å². The highest BCUT2D eigenvalue weighted by atomic mass is 35.5. The van der Waals surface area contributed by atoms with E-state index in [1.54, 1.807) is 13.0 Å². The predicted molar refractivity (Wildman–Crippen MR) is 59.5 cm³/mol. The summed E-state index contributed by atoms with van der Waals surface area (Å²) < 4.78 is 0. The Bertz CT molecular complexity index is 352. The normalized spacial score (nSPS) is 38.3. The molecule has 1 rings (SSSR count). The zero-order valence-electron chi connectivity index (χ0n) is 9.24. The number of carbonyl (C=O) groups is 2. The first-order valence-electron chi connectivity index (χ1n) is 5.10. The molecule has 0 aromatic carbocycles. The van der Waals surface area contributed by atoms with E-state index in [0.717, 1.165) is 0 Å². The van der Waals surface area contributed by atoms with Crippen LogP contribution in [0.2, 0.25) is 0 Å². The Hall–Kier alpha value is -1.03. The van der Waals surface area contributed by atoms with E-state index in [4.69, 9.17) is 16.7 Å². The number of carboxylic acid groups (broad SMARTS) is 2. The summed E-state index contributed by atoms with van der Waals surface area (Å²) in [6.07, 6.45) is 3.66. The highest BCUT2D eigenvalue weighted by Crippen LogP contribution is 2.48. The summed E-state index contributed by atoms with van der Waals surface area (Å²) in [5, 5.41) is 17.5. The quantitative estimate of drug-likeness (QED) is 0.591. The summed E-state index contributed by atoms with van der Waals surface area (Å²) in [6.45, 7) is 3.19. The summed E-state index contributed by atoms with van der Waals surface area (Å²) in [7, 11) is 0. The maximum atomic E-state index is 11.3. The molecular formula is C11H15ClO4. The van der Waals surface area contributed by atoms with Crippen molar-refractivity contribution in [3.05, 3.63) is 12.2 Å². The molecule has 3 atom stereocenters. The van der Waals surface area contributed by atoms with Crippen LogP contribution in [0.3, 0.4) is 0 Å². The fourth-order valence-corrected chi connectivity index (χ4v) is 2.60. The smallest absolute Gasteiger partial charge is 0.315 e. The van der Waals surface area contributed by atoms with Gasteiger partial charge >= 0.3 is 11.9 Å². The molecule has 0 aromatic rings. The Morgan fingerprint density at radius 3 is 2.38 bits per heavy atom. The van der Waals surface area contributed by atoms with Gasteiger partial charge in [0.1, 0.15) is 5.41 Å². The van der Waals surface area contributed by atoms with Crippen molar-refractivity contribution in [2.45, 2.75) is 32.1 Å². The van der Waals surface area contributed by atoms with Gasteiger partial charge in [-0.2, -0.15) is 0 Å². The van der Waals surface area contributed by atoms with Gasteiger partial charge in [0.25, 0.3) is 0 Å². The molecule has 0 heterocycles. The molecule has 1 aliphatic rings. The van der Waals surface area contributed by atoms with Crippen molar-refractivity contribution in [1.82, 2.24) is 0 Å². The molecule has 0 saturated heterocycles. The van der Waals surface area contributed by atoms with Crippen LogP contribution in [-0.2, 0) is 9.59 Å². The molecule has 3 unspecified atom stereocenters. The van der Waals surface area contributed by atoms with Crippen LogP contribution in [0.1, 0.15) is 26.7 Å². The molecule has 0 radical (unpaired) electrons. The molecule has 0 amide bonds. The third-order valence-electron chi connectivity index (χ3n) is 3.44. The summed E-state index contributed by atoms with van der Waals surface area (Å²) in [6, 6.07) is 0. The fourth-order valence-electron chi connectivity index (χ4n) is 2.09. The van der Waals surface area contributed by atoms with Gasteiger partial charge in [0.2, 0.25) is 0 Å². The van der Waals surface area contributed by atoms with Crippen molar-refractivity contribution in [3.63, 3.8) is 0 Å². The van der Waals surface area contributed by atoms with E-state index in [0.29, 0.717) is 0 Å². The number of carboxylic acids is 2. The summed E-state index contributed by atoms with van der Waals surface area (Å²) in [5.74, 6) is -2.13. The molecule has 0 fully saturated rings. The number of halogens is 1. The molecule has 4 nitrogen and oxygen atoms in total. The Morgan fingerprint density at radius 1 is 1.44 bits per heavy atom. The van der Waals surface area contributed by atoms with E-state index < -0.39 is 28.1 Å². The number of alkyl halides is 1. The zero-order chi connectivity index (χ0) is 12.6. The summed E-state index contributed by atoms with van der Waals surface area (Å²) in [4.78, 5) is 22.5. The molecule has 5 heteroatoms. The van der Waals surface area contributed by atoms with Crippen molar-refractivity contribution in [2.24, 2.45) is 10.8 Å². The van der Waals surface area contributed by atoms with Gasteiger partial charge in [-0.05, 0) is 19.8 Å². The van der Waals surface area contributed by atoms with E-state index >= 15 is 0 Å². The number of hydrogen-bond donors (Lipinski definition) is 2. The molecule has 0 aromatic heterocycles. The predicted octanol–water partition coefficient (Wildman–Crippen LogP) is 2.13. The van der Waals surface area contributed by atoms with Gasteiger partial charge in [-0.1, -0.05) is 19.1 Å². The maximum absolute atomic E-state index is 11.3. The molecule has 0 spiro atoms. The highest BCUT2D eigenvalue weighted by Gasteiger charge is 2.55. The van der Waals surface area contributed by atoms with E-state index in [2.05, 4.69) is 0 Å². The van der Waals surface area contributed by atoms with Gasteiger partial charge in [-0.3, -0.25) is 9.59 Å². The molecular weight excluding hydrogens is 232 g/mol. The lowest BCUT2D eigenvalue weighted by Crippen LogP contribution is -2.51. The first kappa shape index (κ1) is 13.0. The summed E-state index contributed by atoms with van der Waals surface area (Å²) >= 11 is 6.12. The van der Waals surface area contributed by atoms with Gasteiger partial charge in [-0.15, -0.1) is 11.6 Å². The molecule has 90 valence electrons. The second-order valence-electron chi connectivity index (χ2n) is 4.39. The van der Waals surface area contributed by atoms with Crippen LogP contribution in [0.15, 0.2) is 12.2 Å². The first-order chi connectivity index (χ1) is 7.31. The number of allylic oxidation sites excluding steroid dienone is 1. The van der Waals surface area contributed by atoms with E-state index in [-0.39, 0.29) is 12.8 Å². The maximum Gasteiger partial charge on any atom is 0.315 e. The third-order valence-corrected chi connectivity index (χ3v) is 4.31. The molecule has 1 aliphatic carbocycles. The minimum atomic E-state index is -1.28. The van der Waals surface area contributed by atoms with Crippen molar-refractivity contribution in [1.29, 1.82) is 0 Å². The first-order valence-corrected chi connectivity index (χ1v) is 5.53. The Kier molecular flexibility index (Phi) is 3.33.